The summed E-state index contributed by atoms with van der Waals surface area (Å²) in [7, 11) is 0. The molecule has 1 fully saturated rings. The van der Waals surface area contributed by atoms with E-state index in [1.807, 2.05) is 6.92 Å². The molecule has 6 heteroatoms. The van der Waals surface area contributed by atoms with Crippen LogP contribution in [-0.4, -0.2) is 35.4 Å². The number of hydrogen-bond donors (Lipinski definition) is 3. The monoisotopic (exact) mass is 210 g/mol. The number of nitrogens with zero attached hydrogens (tertiary/aromatic N) is 1. The first-order chi connectivity index (χ1) is 7.18. The van der Waals surface area contributed by atoms with E-state index in [4.69, 9.17) is 10.5 Å². The van der Waals surface area contributed by atoms with Crippen LogP contribution >= 0.6 is 0 Å². The summed E-state index contributed by atoms with van der Waals surface area (Å²) < 4.78 is 5.13. The third kappa shape index (κ3) is 2.00. The van der Waals surface area contributed by atoms with Crippen molar-refractivity contribution in [2.75, 3.05) is 18.5 Å². The zero-order valence-corrected chi connectivity index (χ0v) is 8.49. The van der Waals surface area contributed by atoms with Crippen LogP contribution < -0.4 is 11.1 Å². The maximum absolute atomic E-state index is 11.8. The molecule has 0 aliphatic carbocycles. The van der Waals surface area contributed by atoms with Crippen molar-refractivity contribution in [2.45, 2.75) is 13.0 Å². The van der Waals surface area contributed by atoms with Crippen molar-refractivity contribution in [3.05, 3.63) is 11.8 Å². The zero-order chi connectivity index (χ0) is 10.8. The predicted molar refractivity (Wildman–Crippen MR) is 54.2 cm³/mol. The predicted octanol–water partition coefficient (Wildman–Crippen LogP) is -0.370. The molecular formula is C9H14N4O2. The first-order valence-corrected chi connectivity index (χ1v) is 4.82. The lowest BCUT2D eigenvalue weighted by Gasteiger charge is -2.12. The highest BCUT2D eigenvalue weighted by molar-refractivity contribution is 5.93. The zero-order valence-electron chi connectivity index (χ0n) is 8.49. The minimum atomic E-state index is -0.271. The molecule has 4 N–H and O–H groups in total. The maximum atomic E-state index is 11.8. The number of nitrogens with one attached hydrogen (secondary N) is 2. The van der Waals surface area contributed by atoms with E-state index in [-0.39, 0.29) is 17.9 Å². The summed E-state index contributed by atoms with van der Waals surface area (Å²) in [6.45, 7) is 2.70. The highest BCUT2D eigenvalue weighted by Crippen LogP contribution is 2.15. The topological polar surface area (TPSA) is 93.0 Å². The van der Waals surface area contributed by atoms with Gasteiger partial charge in [-0.3, -0.25) is 9.89 Å². The molecule has 0 aromatic carbocycles. The molecule has 2 rings (SSSR count). The minimum absolute atomic E-state index is 0.118. The molecular weight excluding hydrogens is 196 g/mol. The second-order valence-corrected chi connectivity index (χ2v) is 3.73. The van der Waals surface area contributed by atoms with E-state index in [9.17, 15) is 4.79 Å². The Kier molecular flexibility index (Phi) is 2.70. The van der Waals surface area contributed by atoms with Gasteiger partial charge < -0.3 is 15.8 Å². The molecule has 1 aromatic rings. The number of aromatic amines is 1. The minimum Gasteiger partial charge on any atom is -0.379 e. The number of H-pyrrole nitrogens is 1. The Labute approximate surface area is 87.2 Å². The fourth-order valence-corrected chi connectivity index (χ4v) is 1.53. The number of rotatable bonds is 2. The average molecular weight is 210 g/mol. The Morgan fingerprint density at radius 1 is 1.73 bits per heavy atom. The molecule has 1 amide bonds. The van der Waals surface area contributed by atoms with E-state index in [0.29, 0.717) is 19.0 Å². The van der Waals surface area contributed by atoms with Crippen LogP contribution in [-0.2, 0) is 9.53 Å². The molecule has 82 valence electrons. The standard InChI is InChI=1S/C9H14N4O2/c1-5-2-11-13-8(5)12-9(14)6-3-15-4-7(6)10/h2,6-7H,3-4,10H2,1H3,(H2,11,12,13,14). The molecule has 0 spiro atoms. The van der Waals surface area contributed by atoms with Gasteiger partial charge in [-0.25, -0.2) is 0 Å². The molecule has 2 unspecified atom stereocenters. The smallest absolute Gasteiger partial charge is 0.232 e. The van der Waals surface area contributed by atoms with Crippen LogP contribution in [0.4, 0.5) is 5.82 Å². The summed E-state index contributed by atoms with van der Waals surface area (Å²) >= 11 is 0. The van der Waals surface area contributed by atoms with Crippen LogP contribution in [0.5, 0.6) is 0 Å². The maximum Gasteiger partial charge on any atom is 0.232 e. The molecule has 0 saturated carbocycles. The molecule has 2 heterocycles. The van der Waals surface area contributed by atoms with Gasteiger partial charge in [0.25, 0.3) is 0 Å². The van der Waals surface area contributed by atoms with Crippen molar-refractivity contribution in [3.63, 3.8) is 0 Å². The SMILES string of the molecule is Cc1cn[nH]c1NC(=O)C1COCC1N. The van der Waals surface area contributed by atoms with E-state index >= 15 is 0 Å². The molecule has 2 atom stereocenters. The summed E-state index contributed by atoms with van der Waals surface area (Å²) in [6, 6.07) is -0.215. The third-order valence-electron chi connectivity index (χ3n) is 2.54. The lowest BCUT2D eigenvalue weighted by atomic mass is 10.0. The average Bonchev–Trinajstić information content (AvgIpc) is 2.76. The van der Waals surface area contributed by atoms with Crippen LogP contribution in [0.25, 0.3) is 0 Å². The quantitative estimate of drug-likeness (QED) is 0.621. The number of aromatic nitrogens is 2. The number of carbonyl (C=O) groups is 1. The van der Waals surface area contributed by atoms with Crippen LogP contribution in [0.15, 0.2) is 6.20 Å². The van der Waals surface area contributed by atoms with Gasteiger partial charge in [-0.05, 0) is 6.92 Å². The number of nitrogens with two attached hydrogens (primary N) is 1. The fraction of sp³-hybridized carbons (Fsp3) is 0.556. The van der Waals surface area contributed by atoms with Crippen molar-refractivity contribution >= 4 is 11.7 Å². The van der Waals surface area contributed by atoms with Crippen LogP contribution in [0.2, 0.25) is 0 Å². The molecule has 1 aliphatic heterocycles. The van der Waals surface area contributed by atoms with Gasteiger partial charge in [0.15, 0.2) is 0 Å². The summed E-state index contributed by atoms with van der Waals surface area (Å²) in [5.74, 6) is 0.235. The Hall–Kier alpha value is -1.40. The molecule has 0 bridgehead atoms. The van der Waals surface area contributed by atoms with Gasteiger partial charge in [-0.2, -0.15) is 5.10 Å². The van der Waals surface area contributed by atoms with Crippen LogP contribution in [0.3, 0.4) is 0 Å². The molecule has 1 aromatic heterocycles. The Morgan fingerprint density at radius 3 is 3.07 bits per heavy atom. The number of anilines is 1. The van der Waals surface area contributed by atoms with Crippen molar-refractivity contribution in [1.29, 1.82) is 0 Å². The van der Waals surface area contributed by atoms with E-state index < -0.39 is 0 Å². The number of hydrogen-bond acceptors (Lipinski definition) is 4. The highest BCUT2D eigenvalue weighted by atomic mass is 16.5. The van der Waals surface area contributed by atoms with Crippen LogP contribution in [0.1, 0.15) is 5.56 Å². The Morgan fingerprint density at radius 2 is 2.53 bits per heavy atom. The highest BCUT2D eigenvalue weighted by Gasteiger charge is 2.31. The number of carbonyl (C=O) groups excluding carboxylic acids is 1. The largest absolute Gasteiger partial charge is 0.379 e. The number of aryl methyl sites for hydroxylation is 1. The van der Waals surface area contributed by atoms with E-state index in [0.717, 1.165) is 5.56 Å². The fourth-order valence-electron chi connectivity index (χ4n) is 1.53. The summed E-state index contributed by atoms with van der Waals surface area (Å²) in [4.78, 5) is 11.8. The third-order valence-corrected chi connectivity index (χ3v) is 2.54. The van der Waals surface area contributed by atoms with E-state index in [1.165, 1.54) is 0 Å². The van der Waals surface area contributed by atoms with Gasteiger partial charge in [-0.15, -0.1) is 0 Å². The van der Waals surface area contributed by atoms with Gasteiger partial charge in [0, 0.05) is 11.6 Å². The van der Waals surface area contributed by atoms with Gasteiger partial charge >= 0.3 is 0 Å². The van der Waals surface area contributed by atoms with Crippen molar-refractivity contribution in [2.24, 2.45) is 11.7 Å². The molecule has 1 aliphatic rings. The van der Waals surface area contributed by atoms with Crippen molar-refractivity contribution < 1.29 is 9.53 Å². The number of amides is 1. The van der Waals surface area contributed by atoms with Crippen LogP contribution in [0, 0.1) is 12.8 Å². The van der Waals surface area contributed by atoms with Gasteiger partial charge in [-0.1, -0.05) is 0 Å². The summed E-state index contributed by atoms with van der Waals surface area (Å²) in [6.07, 6.45) is 1.65. The first-order valence-electron chi connectivity index (χ1n) is 4.82. The molecule has 0 radical (unpaired) electrons. The molecule has 6 nitrogen and oxygen atoms in total. The van der Waals surface area contributed by atoms with Gasteiger partial charge in [0.2, 0.25) is 5.91 Å². The van der Waals surface area contributed by atoms with Gasteiger partial charge in [0.05, 0.1) is 25.3 Å². The summed E-state index contributed by atoms with van der Waals surface area (Å²) in [5.41, 5.74) is 6.63. The van der Waals surface area contributed by atoms with Crippen molar-refractivity contribution in [1.82, 2.24) is 10.2 Å². The second-order valence-electron chi connectivity index (χ2n) is 3.73. The first kappa shape index (κ1) is 10.1. The molecule has 1 saturated heterocycles. The van der Waals surface area contributed by atoms with E-state index in [2.05, 4.69) is 15.5 Å². The van der Waals surface area contributed by atoms with Crippen molar-refractivity contribution in [3.8, 4) is 0 Å². The Bertz CT molecular complexity index is 363. The second kappa shape index (κ2) is 4.00. The number of ether oxygens (including phenoxy) is 1. The van der Waals surface area contributed by atoms with E-state index in [1.54, 1.807) is 6.20 Å². The lowest BCUT2D eigenvalue weighted by Crippen LogP contribution is -2.37. The summed E-state index contributed by atoms with van der Waals surface area (Å²) in [5, 5.41) is 9.27. The Balaban J connectivity index is 2.01. The van der Waals surface area contributed by atoms with Gasteiger partial charge in [0.1, 0.15) is 5.82 Å². The molecule has 15 heavy (non-hydrogen) atoms. The normalized spacial score (nSPS) is 25.5. The lowest BCUT2D eigenvalue weighted by molar-refractivity contribution is -0.120.